The van der Waals surface area contributed by atoms with Crippen molar-refractivity contribution in [3.8, 4) is 0 Å². The van der Waals surface area contributed by atoms with Crippen LogP contribution in [0.3, 0.4) is 0 Å². The van der Waals surface area contributed by atoms with E-state index in [0.29, 0.717) is 19.4 Å². The summed E-state index contributed by atoms with van der Waals surface area (Å²) in [4.78, 5) is 23.6. The first-order valence-corrected chi connectivity index (χ1v) is 4.74. The van der Waals surface area contributed by atoms with Gasteiger partial charge in [-0.3, -0.25) is 14.5 Å². The third-order valence-electron chi connectivity index (χ3n) is 2.08. The Kier molecular flexibility index (Phi) is 3.68. The van der Waals surface area contributed by atoms with Crippen LogP contribution in [-0.4, -0.2) is 23.3 Å². The Balaban J connectivity index is 2.31. The number of carbonyl (C=O) groups is 2. The zero-order valence-corrected chi connectivity index (χ0v) is 7.95. The summed E-state index contributed by atoms with van der Waals surface area (Å²) in [5.74, 6) is -0.0372. The monoisotopic (exact) mass is 181 g/mol. The number of hydrogen-bond acceptors (Lipinski definition) is 2. The summed E-state index contributed by atoms with van der Waals surface area (Å²) in [6.07, 6.45) is 6.64. The van der Waals surface area contributed by atoms with E-state index in [1.807, 2.05) is 12.2 Å². The Hall–Kier alpha value is -1.12. The molecule has 0 saturated carbocycles. The van der Waals surface area contributed by atoms with E-state index in [1.54, 1.807) is 0 Å². The molecule has 1 aliphatic rings. The Bertz CT molecular complexity index is 217. The predicted molar refractivity (Wildman–Crippen MR) is 50.0 cm³/mol. The lowest BCUT2D eigenvalue weighted by Crippen LogP contribution is -2.29. The van der Waals surface area contributed by atoms with Gasteiger partial charge in [-0.15, -0.1) is 0 Å². The third kappa shape index (κ3) is 2.68. The summed E-state index contributed by atoms with van der Waals surface area (Å²) in [5.41, 5.74) is 0. The number of rotatable bonds is 4. The molecule has 0 aromatic rings. The molecule has 0 N–H and O–H groups in total. The summed E-state index contributed by atoms with van der Waals surface area (Å²) in [7, 11) is 0. The highest BCUT2D eigenvalue weighted by atomic mass is 16.2. The molecule has 0 unspecified atom stereocenters. The van der Waals surface area contributed by atoms with Gasteiger partial charge < -0.3 is 0 Å². The van der Waals surface area contributed by atoms with E-state index < -0.39 is 0 Å². The fourth-order valence-electron chi connectivity index (χ4n) is 1.36. The van der Waals surface area contributed by atoms with E-state index in [1.165, 1.54) is 4.90 Å². The van der Waals surface area contributed by atoms with Crippen LogP contribution in [0.25, 0.3) is 0 Å². The van der Waals surface area contributed by atoms with E-state index in [0.717, 1.165) is 12.8 Å². The molecule has 0 aliphatic carbocycles. The molecule has 3 nitrogen and oxygen atoms in total. The minimum atomic E-state index is -0.0186. The lowest BCUT2D eigenvalue weighted by Gasteiger charge is -2.11. The second kappa shape index (κ2) is 4.80. The van der Waals surface area contributed by atoms with E-state index >= 15 is 0 Å². The summed E-state index contributed by atoms with van der Waals surface area (Å²) in [5, 5.41) is 0. The highest BCUT2D eigenvalue weighted by Gasteiger charge is 2.27. The lowest BCUT2D eigenvalue weighted by molar-refractivity contribution is -0.138. The van der Waals surface area contributed by atoms with Gasteiger partial charge in [0.1, 0.15) is 0 Å². The van der Waals surface area contributed by atoms with Gasteiger partial charge in [0.05, 0.1) is 0 Å². The smallest absolute Gasteiger partial charge is 0.229 e. The normalized spacial score (nSPS) is 17.8. The summed E-state index contributed by atoms with van der Waals surface area (Å²) < 4.78 is 0. The maximum atomic E-state index is 11.1. The molecule has 0 aromatic heterocycles. The third-order valence-corrected chi connectivity index (χ3v) is 2.08. The van der Waals surface area contributed by atoms with Crippen molar-refractivity contribution >= 4 is 11.8 Å². The Labute approximate surface area is 78.4 Å². The maximum absolute atomic E-state index is 11.1. The molecule has 1 fully saturated rings. The summed E-state index contributed by atoms with van der Waals surface area (Å²) in [6.45, 7) is 2.61. The number of likely N-dealkylation sites (tertiary alicyclic amines) is 1. The Morgan fingerprint density at radius 3 is 2.38 bits per heavy atom. The standard InChI is InChI=1S/C10H15NO2/c1-2-3-4-5-8-11-9(12)6-7-10(11)13/h3-4H,2,5-8H2,1H3. The molecule has 0 aromatic carbocycles. The topological polar surface area (TPSA) is 37.4 Å². The summed E-state index contributed by atoms with van der Waals surface area (Å²) >= 11 is 0. The van der Waals surface area contributed by atoms with Crippen molar-refractivity contribution in [3.63, 3.8) is 0 Å². The van der Waals surface area contributed by atoms with Gasteiger partial charge in [0.15, 0.2) is 0 Å². The molecule has 1 heterocycles. The van der Waals surface area contributed by atoms with Crippen LogP contribution in [0.4, 0.5) is 0 Å². The minimum absolute atomic E-state index is 0.0186. The van der Waals surface area contributed by atoms with Crippen molar-refractivity contribution in [2.75, 3.05) is 6.54 Å². The number of hydrogen-bond donors (Lipinski definition) is 0. The number of amides is 2. The molecule has 1 aliphatic heterocycles. The van der Waals surface area contributed by atoms with Crippen LogP contribution < -0.4 is 0 Å². The van der Waals surface area contributed by atoms with Crippen molar-refractivity contribution in [1.82, 2.24) is 4.90 Å². The predicted octanol–water partition coefficient (Wildman–Crippen LogP) is 1.49. The molecule has 0 bridgehead atoms. The van der Waals surface area contributed by atoms with Gasteiger partial charge in [0.2, 0.25) is 11.8 Å². The van der Waals surface area contributed by atoms with Gasteiger partial charge in [-0.1, -0.05) is 19.1 Å². The quantitative estimate of drug-likeness (QED) is 0.486. The molecule has 0 spiro atoms. The lowest BCUT2D eigenvalue weighted by atomic mass is 10.3. The van der Waals surface area contributed by atoms with E-state index in [4.69, 9.17) is 0 Å². The number of nitrogens with zero attached hydrogens (tertiary/aromatic N) is 1. The van der Waals surface area contributed by atoms with Crippen LogP contribution in [0.5, 0.6) is 0 Å². The van der Waals surface area contributed by atoms with Gasteiger partial charge in [-0.2, -0.15) is 0 Å². The molecule has 2 amide bonds. The van der Waals surface area contributed by atoms with Gasteiger partial charge >= 0.3 is 0 Å². The van der Waals surface area contributed by atoms with Crippen molar-refractivity contribution in [1.29, 1.82) is 0 Å². The fourth-order valence-corrected chi connectivity index (χ4v) is 1.36. The highest BCUT2D eigenvalue weighted by molar-refractivity contribution is 6.01. The molecule has 1 rings (SSSR count). The van der Waals surface area contributed by atoms with Gasteiger partial charge in [-0.25, -0.2) is 0 Å². The Morgan fingerprint density at radius 1 is 1.23 bits per heavy atom. The van der Waals surface area contributed by atoms with Gasteiger partial charge in [0.25, 0.3) is 0 Å². The van der Waals surface area contributed by atoms with E-state index in [9.17, 15) is 9.59 Å². The largest absolute Gasteiger partial charge is 0.282 e. The number of carbonyl (C=O) groups excluding carboxylic acids is 2. The van der Waals surface area contributed by atoms with Crippen molar-refractivity contribution in [3.05, 3.63) is 12.2 Å². The average molecular weight is 181 g/mol. The first kappa shape index (κ1) is 9.96. The van der Waals surface area contributed by atoms with Crippen LogP contribution in [-0.2, 0) is 9.59 Å². The molecular weight excluding hydrogens is 166 g/mol. The molecule has 13 heavy (non-hydrogen) atoms. The number of imide groups is 1. The molecule has 0 atom stereocenters. The van der Waals surface area contributed by atoms with Crippen LogP contribution in [0.2, 0.25) is 0 Å². The van der Waals surface area contributed by atoms with Crippen molar-refractivity contribution in [2.24, 2.45) is 0 Å². The van der Waals surface area contributed by atoms with E-state index in [2.05, 4.69) is 6.92 Å². The van der Waals surface area contributed by atoms with Gasteiger partial charge in [0, 0.05) is 19.4 Å². The zero-order valence-electron chi connectivity index (χ0n) is 7.95. The fraction of sp³-hybridized carbons (Fsp3) is 0.600. The average Bonchev–Trinajstić information content (AvgIpc) is 2.42. The maximum Gasteiger partial charge on any atom is 0.229 e. The SMILES string of the molecule is CCC=CCCN1C(=O)CCC1=O. The van der Waals surface area contributed by atoms with Crippen LogP contribution in [0, 0.1) is 0 Å². The minimum Gasteiger partial charge on any atom is -0.282 e. The Morgan fingerprint density at radius 2 is 1.85 bits per heavy atom. The van der Waals surface area contributed by atoms with Crippen molar-refractivity contribution in [2.45, 2.75) is 32.6 Å². The van der Waals surface area contributed by atoms with Crippen LogP contribution in [0.15, 0.2) is 12.2 Å². The van der Waals surface area contributed by atoms with Crippen LogP contribution >= 0.6 is 0 Å². The highest BCUT2D eigenvalue weighted by Crippen LogP contribution is 2.11. The first-order chi connectivity index (χ1) is 6.25. The van der Waals surface area contributed by atoms with Crippen molar-refractivity contribution < 1.29 is 9.59 Å². The number of allylic oxidation sites excluding steroid dienone is 1. The second-order valence-corrected chi connectivity index (χ2v) is 3.11. The van der Waals surface area contributed by atoms with E-state index in [-0.39, 0.29) is 11.8 Å². The van der Waals surface area contributed by atoms with Gasteiger partial charge in [-0.05, 0) is 12.8 Å². The second-order valence-electron chi connectivity index (χ2n) is 3.11. The van der Waals surface area contributed by atoms with Crippen LogP contribution in [0.1, 0.15) is 32.6 Å². The summed E-state index contributed by atoms with van der Waals surface area (Å²) in [6, 6.07) is 0. The molecule has 3 heteroatoms. The molecule has 0 radical (unpaired) electrons. The zero-order chi connectivity index (χ0) is 9.68. The molecular formula is C10H15NO2. The first-order valence-electron chi connectivity index (χ1n) is 4.74. The molecule has 1 saturated heterocycles. The molecule has 72 valence electrons.